The Bertz CT molecular complexity index is 428. The zero-order valence-corrected chi connectivity index (χ0v) is 8.51. The van der Waals surface area contributed by atoms with Gasteiger partial charge in [-0.2, -0.15) is 0 Å². The summed E-state index contributed by atoms with van der Waals surface area (Å²) in [6, 6.07) is 3.94. The Morgan fingerprint density at radius 2 is 2.07 bits per heavy atom. The van der Waals surface area contributed by atoms with Crippen LogP contribution >= 0.6 is 0 Å². The molecule has 0 unspecified atom stereocenters. The summed E-state index contributed by atoms with van der Waals surface area (Å²) < 4.78 is 0. The molecule has 2 aromatic heterocycles. The summed E-state index contributed by atoms with van der Waals surface area (Å²) in [7, 11) is 0. The number of rotatable bonds is 3. The van der Waals surface area contributed by atoms with Crippen LogP contribution in [0.3, 0.4) is 0 Å². The second-order valence-corrected chi connectivity index (χ2v) is 3.21. The third-order valence-electron chi connectivity index (χ3n) is 2.06. The maximum Gasteiger partial charge on any atom is 0.147 e. The summed E-state index contributed by atoms with van der Waals surface area (Å²) in [5.74, 6) is 0.821. The van der Waals surface area contributed by atoms with Crippen LogP contribution in [0.1, 0.15) is 11.3 Å². The number of hydrogen-bond donors (Lipinski definition) is 1. The summed E-state index contributed by atoms with van der Waals surface area (Å²) in [6.07, 6.45) is 6.96. The molecule has 0 spiro atoms. The molecule has 76 valence electrons. The van der Waals surface area contributed by atoms with Gasteiger partial charge in [0.25, 0.3) is 0 Å². The highest BCUT2D eigenvalue weighted by atomic mass is 15.0. The van der Waals surface area contributed by atoms with E-state index in [0.29, 0.717) is 6.54 Å². The number of aromatic nitrogens is 3. The highest BCUT2D eigenvalue weighted by Crippen LogP contribution is 2.07. The summed E-state index contributed by atoms with van der Waals surface area (Å²) in [4.78, 5) is 12.4. The van der Waals surface area contributed by atoms with E-state index in [0.717, 1.165) is 17.1 Å². The average molecular weight is 200 g/mol. The van der Waals surface area contributed by atoms with Crippen molar-refractivity contribution in [2.24, 2.45) is 0 Å². The summed E-state index contributed by atoms with van der Waals surface area (Å²) >= 11 is 0. The molecule has 0 fully saturated rings. The van der Waals surface area contributed by atoms with E-state index in [9.17, 15) is 0 Å². The van der Waals surface area contributed by atoms with Gasteiger partial charge in [0, 0.05) is 31.3 Å². The van der Waals surface area contributed by atoms with Gasteiger partial charge < -0.3 is 5.32 Å². The maximum atomic E-state index is 4.20. The predicted molar refractivity (Wildman–Crippen MR) is 58.3 cm³/mol. The van der Waals surface area contributed by atoms with Crippen molar-refractivity contribution in [3.63, 3.8) is 0 Å². The fourth-order valence-electron chi connectivity index (χ4n) is 1.27. The Morgan fingerprint density at radius 1 is 1.20 bits per heavy atom. The van der Waals surface area contributed by atoms with E-state index in [1.54, 1.807) is 18.6 Å². The zero-order valence-electron chi connectivity index (χ0n) is 8.51. The van der Waals surface area contributed by atoms with Crippen LogP contribution in [0.4, 0.5) is 5.82 Å². The lowest BCUT2D eigenvalue weighted by molar-refractivity contribution is 1.04. The van der Waals surface area contributed by atoms with E-state index in [-0.39, 0.29) is 0 Å². The van der Waals surface area contributed by atoms with Gasteiger partial charge in [-0.1, -0.05) is 6.07 Å². The van der Waals surface area contributed by atoms with Crippen LogP contribution in [0, 0.1) is 6.92 Å². The number of pyridine rings is 1. The lowest BCUT2D eigenvalue weighted by atomic mass is 10.3. The van der Waals surface area contributed by atoms with E-state index >= 15 is 0 Å². The molecule has 0 aliphatic carbocycles. The Kier molecular flexibility index (Phi) is 2.88. The number of aryl methyl sites for hydroxylation is 1. The number of nitrogens with one attached hydrogen (secondary N) is 1. The van der Waals surface area contributed by atoms with Gasteiger partial charge in [0.2, 0.25) is 0 Å². The van der Waals surface area contributed by atoms with E-state index in [1.807, 2.05) is 25.3 Å². The Hall–Kier alpha value is -1.97. The predicted octanol–water partition coefficient (Wildman–Crippen LogP) is 1.79. The van der Waals surface area contributed by atoms with Gasteiger partial charge in [-0.3, -0.25) is 9.97 Å². The van der Waals surface area contributed by atoms with E-state index in [2.05, 4.69) is 20.3 Å². The number of anilines is 1. The standard InChI is InChI=1S/C11H12N4/c1-9-11(14-6-5-13-9)15-8-10-3-2-4-12-7-10/h2-7H,8H2,1H3,(H,14,15). The van der Waals surface area contributed by atoms with Crippen molar-refractivity contribution in [1.82, 2.24) is 15.0 Å². The molecule has 0 saturated heterocycles. The lowest BCUT2D eigenvalue weighted by Crippen LogP contribution is -2.03. The molecule has 0 radical (unpaired) electrons. The normalized spacial score (nSPS) is 9.93. The molecular formula is C11H12N4. The fraction of sp³-hybridized carbons (Fsp3) is 0.182. The van der Waals surface area contributed by atoms with Crippen LogP contribution in [-0.4, -0.2) is 15.0 Å². The summed E-state index contributed by atoms with van der Waals surface area (Å²) in [6.45, 7) is 2.64. The minimum absolute atomic E-state index is 0.716. The molecule has 2 heterocycles. The second-order valence-electron chi connectivity index (χ2n) is 3.21. The highest BCUT2D eigenvalue weighted by molar-refractivity contribution is 5.38. The quantitative estimate of drug-likeness (QED) is 0.820. The molecule has 0 aliphatic heterocycles. The smallest absolute Gasteiger partial charge is 0.147 e. The zero-order chi connectivity index (χ0) is 10.5. The average Bonchev–Trinajstić information content (AvgIpc) is 2.29. The van der Waals surface area contributed by atoms with Crippen LogP contribution in [0.5, 0.6) is 0 Å². The van der Waals surface area contributed by atoms with Crippen molar-refractivity contribution in [3.8, 4) is 0 Å². The second kappa shape index (κ2) is 4.50. The molecule has 15 heavy (non-hydrogen) atoms. The summed E-state index contributed by atoms with van der Waals surface area (Å²) in [5, 5.41) is 3.22. The van der Waals surface area contributed by atoms with Gasteiger partial charge in [-0.05, 0) is 18.6 Å². The monoisotopic (exact) mass is 200 g/mol. The molecule has 4 nitrogen and oxygen atoms in total. The molecular weight excluding hydrogens is 188 g/mol. The minimum Gasteiger partial charge on any atom is -0.364 e. The van der Waals surface area contributed by atoms with Crippen molar-refractivity contribution in [2.45, 2.75) is 13.5 Å². The van der Waals surface area contributed by atoms with Gasteiger partial charge in [0.1, 0.15) is 5.82 Å². The van der Waals surface area contributed by atoms with Crippen LogP contribution < -0.4 is 5.32 Å². The van der Waals surface area contributed by atoms with Gasteiger partial charge in [0.15, 0.2) is 0 Å². The largest absolute Gasteiger partial charge is 0.364 e. The molecule has 1 N–H and O–H groups in total. The van der Waals surface area contributed by atoms with Gasteiger partial charge in [-0.25, -0.2) is 4.98 Å². The van der Waals surface area contributed by atoms with Gasteiger partial charge in [0.05, 0.1) is 5.69 Å². The molecule has 0 bridgehead atoms. The molecule has 4 heteroatoms. The van der Waals surface area contributed by atoms with Crippen molar-refractivity contribution < 1.29 is 0 Å². The maximum absolute atomic E-state index is 4.20. The number of nitrogens with zero attached hydrogens (tertiary/aromatic N) is 3. The molecule has 0 amide bonds. The lowest BCUT2D eigenvalue weighted by Gasteiger charge is -2.06. The van der Waals surface area contributed by atoms with Crippen LogP contribution in [0.15, 0.2) is 36.9 Å². The van der Waals surface area contributed by atoms with Crippen LogP contribution in [0.2, 0.25) is 0 Å². The molecule has 0 atom stereocenters. The third kappa shape index (κ3) is 2.49. The third-order valence-corrected chi connectivity index (χ3v) is 2.06. The van der Waals surface area contributed by atoms with Crippen molar-refractivity contribution in [2.75, 3.05) is 5.32 Å². The summed E-state index contributed by atoms with van der Waals surface area (Å²) in [5.41, 5.74) is 2.03. The first-order valence-electron chi connectivity index (χ1n) is 4.76. The first-order valence-corrected chi connectivity index (χ1v) is 4.76. The van der Waals surface area contributed by atoms with E-state index < -0.39 is 0 Å². The van der Waals surface area contributed by atoms with Crippen LogP contribution in [0.25, 0.3) is 0 Å². The first-order chi connectivity index (χ1) is 7.36. The fourth-order valence-corrected chi connectivity index (χ4v) is 1.27. The highest BCUT2D eigenvalue weighted by Gasteiger charge is 1.98. The first kappa shape index (κ1) is 9.58. The van der Waals surface area contributed by atoms with Crippen molar-refractivity contribution in [3.05, 3.63) is 48.2 Å². The Labute approximate surface area is 88.4 Å². The SMILES string of the molecule is Cc1nccnc1NCc1cccnc1. The molecule has 2 aromatic rings. The molecule has 2 rings (SSSR count). The van der Waals surface area contributed by atoms with Gasteiger partial charge >= 0.3 is 0 Å². The minimum atomic E-state index is 0.716. The van der Waals surface area contributed by atoms with Crippen molar-refractivity contribution >= 4 is 5.82 Å². The molecule has 0 saturated carbocycles. The van der Waals surface area contributed by atoms with Gasteiger partial charge in [-0.15, -0.1) is 0 Å². The van der Waals surface area contributed by atoms with Crippen LogP contribution in [-0.2, 0) is 6.54 Å². The Morgan fingerprint density at radius 3 is 2.80 bits per heavy atom. The van der Waals surface area contributed by atoms with Crippen molar-refractivity contribution in [1.29, 1.82) is 0 Å². The van der Waals surface area contributed by atoms with E-state index in [4.69, 9.17) is 0 Å². The number of hydrogen-bond acceptors (Lipinski definition) is 4. The topological polar surface area (TPSA) is 50.7 Å². The molecule has 0 aliphatic rings. The Balaban J connectivity index is 2.03. The van der Waals surface area contributed by atoms with E-state index in [1.165, 1.54) is 0 Å². The molecule has 0 aromatic carbocycles.